The molecule has 2 fully saturated rings. The standard InChI is InChI=1S/C17H21NO4/c19-16(15-9-5-11-21-15)18-10-4-8-14(18)17(20)22-12-13-6-2-1-3-7-13/h1-3,6-7,14-15H,4-5,8-12H2/t14-,15-/m0/s1. The van der Waals surface area contributed by atoms with Crippen LogP contribution in [-0.4, -0.2) is 42.1 Å². The van der Waals surface area contributed by atoms with E-state index in [0.717, 1.165) is 24.8 Å². The van der Waals surface area contributed by atoms with Gasteiger partial charge in [0.1, 0.15) is 18.8 Å². The molecular weight excluding hydrogens is 282 g/mol. The maximum atomic E-state index is 12.4. The van der Waals surface area contributed by atoms with Crippen LogP contribution in [0.4, 0.5) is 0 Å². The van der Waals surface area contributed by atoms with Gasteiger partial charge in [-0.1, -0.05) is 30.3 Å². The van der Waals surface area contributed by atoms with E-state index in [1.165, 1.54) is 0 Å². The lowest BCUT2D eigenvalue weighted by atomic mass is 10.2. The molecule has 1 aromatic carbocycles. The average Bonchev–Trinajstić information content (AvgIpc) is 3.24. The summed E-state index contributed by atoms with van der Waals surface area (Å²) in [4.78, 5) is 26.4. The first kappa shape index (κ1) is 15.0. The van der Waals surface area contributed by atoms with Gasteiger partial charge < -0.3 is 14.4 Å². The summed E-state index contributed by atoms with van der Waals surface area (Å²) in [6.07, 6.45) is 2.80. The molecule has 2 heterocycles. The van der Waals surface area contributed by atoms with Crippen molar-refractivity contribution in [2.75, 3.05) is 13.2 Å². The van der Waals surface area contributed by atoms with Gasteiger partial charge in [0.25, 0.3) is 5.91 Å². The van der Waals surface area contributed by atoms with Gasteiger partial charge in [-0.2, -0.15) is 0 Å². The summed E-state index contributed by atoms with van der Waals surface area (Å²) in [6, 6.07) is 9.11. The Hall–Kier alpha value is -1.88. The number of rotatable bonds is 4. The number of benzene rings is 1. The molecule has 2 aliphatic heterocycles. The zero-order valence-corrected chi connectivity index (χ0v) is 12.6. The Labute approximate surface area is 130 Å². The van der Waals surface area contributed by atoms with Crippen molar-refractivity contribution >= 4 is 11.9 Å². The Bertz CT molecular complexity index is 525. The number of hydrogen-bond donors (Lipinski definition) is 0. The van der Waals surface area contributed by atoms with Crippen LogP contribution >= 0.6 is 0 Å². The second kappa shape index (κ2) is 6.92. The molecule has 2 saturated heterocycles. The van der Waals surface area contributed by atoms with Crippen molar-refractivity contribution in [1.82, 2.24) is 4.90 Å². The van der Waals surface area contributed by atoms with Crippen LogP contribution in [0.3, 0.4) is 0 Å². The van der Waals surface area contributed by atoms with Crippen molar-refractivity contribution < 1.29 is 19.1 Å². The molecule has 5 heteroatoms. The fourth-order valence-electron chi connectivity index (χ4n) is 3.06. The summed E-state index contributed by atoms with van der Waals surface area (Å²) in [7, 11) is 0. The Morgan fingerprint density at radius 3 is 2.73 bits per heavy atom. The molecule has 1 aromatic rings. The number of ether oxygens (including phenoxy) is 2. The van der Waals surface area contributed by atoms with E-state index in [9.17, 15) is 9.59 Å². The largest absolute Gasteiger partial charge is 0.459 e. The maximum absolute atomic E-state index is 12.4. The van der Waals surface area contributed by atoms with Crippen LogP contribution < -0.4 is 0 Å². The Morgan fingerprint density at radius 2 is 2.00 bits per heavy atom. The van der Waals surface area contributed by atoms with Crippen molar-refractivity contribution in [3.63, 3.8) is 0 Å². The summed E-state index contributed by atoms with van der Waals surface area (Å²) >= 11 is 0. The van der Waals surface area contributed by atoms with Crippen molar-refractivity contribution in [3.8, 4) is 0 Å². The predicted octanol–water partition coefficient (Wildman–Crippen LogP) is 1.90. The molecule has 2 aliphatic rings. The lowest BCUT2D eigenvalue weighted by molar-refractivity contribution is -0.157. The zero-order valence-electron chi connectivity index (χ0n) is 12.6. The van der Waals surface area contributed by atoms with Crippen LogP contribution in [0.1, 0.15) is 31.2 Å². The van der Waals surface area contributed by atoms with Crippen LogP contribution in [0.2, 0.25) is 0 Å². The van der Waals surface area contributed by atoms with Gasteiger partial charge >= 0.3 is 5.97 Å². The topological polar surface area (TPSA) is 55.8 Å². The molecule has 1 amide bonds. The zero-order chi connectivity index (χ0) is 15.4. The lowest BCUT2D eigenvalue weighted by Gasteiger charge is -2.25. The summed E-state index contributed by atoms with van der Waals surface area (Å²) < 4.78 is 10.8. The highest BCUT2D eigenvalue weighted by Crippen LogP contribution is 2.23. The van der Waals surface area contributed by atoms with Gasteiger partial charge in [-0.05, 0) is 31.2 Å². The van der Waals surface area contributed by atoms with Gasteiger partial charge in [0.2, 0.25) is 0 Å². The molecule has 0 bridgehead atoms. The highest BCUT2D eigenvalue weighted by Gasteiger charge is 2.39. The molecule has 3 rings (SSSR count). The summed E-state index contributed by atoms with van der Waals surface area (Å²) in [5.41, 5.74) is 0.950. The molecule has 22 heavy (non-hydrogen) atoms. The second-order valence-corrected chi connectivity index (χ2v) is 5.78. The monoisotopic (exact) mass is 303 g/mol. The molecule has 5 nitrogen and oxygen atoms in total. The second-order valence-electron chi connectivity index (χ2n) is 5.78. The van der Waals surface area contributed by atoms with E-state index in [-0.39, 0.29) is 24.6 Å². The van der Waals surface area contributed by atoms with Gasteiger partial charge in [0.15, 0.2) is 0 Å². The first-order valence-electron chi connectivity index (χ1n) is 7.88. The van der Waals surface area contributed by atoms with Crippen LogP contribution in [0.5, 0.6) is 0 Å². The van der Waals surface area contributed by atoms with E-state index < -0.39 is 6.04 Å². The van der Waals surface area contributed by atoms with Crippen molar-refractivity contribution in [2.45, 2.75) is 44.4 Å². The van der Waals surface area contributed by atoms with E-state index in [2.05, 4.69) is 0 Å². The van der Waals surface area contributed by atoms with Gasteiger partial charge in [-0.25, -0.2) is 4.79 Å². The van der Waals surface area contributed by atoms with E-state index in [0.29, 0.717) is 19.6 Å². The third kappa shape index (κ3) is 3.30. The molecule has 0 saturated carbocycles. The minimum atomic E-state index is -0.458. The van der Waals surface area contributed by atoms with Crippen LogP contribution in [0.15, 0.2) is 30.3 Å². The normalized spacial score (nSPS) is 24.5. The van der Waals surface area contributed by atoms with E-state index >= 15 is 0 Å². The van der Waals surface area contributed by atoms with E-state index in [4.69, 9.17) is 9.47 Å². The maximum Gasteiger partial charge on any atom is 0.329 e. The number of hydrogen-bond acceptors (Lipinski definition) is 4. The van der Waals surface area contributed by atoms with Crippen molar-refractivity contribution in [1.29, 1.82) is 0 Å². The van der Waals surface area contributed by atoms with Crippen molar-refractivity contribution in [2.24, 2.45) is 0 Å². The Balaban J connectivity index is 1.57. The van der Waals surface area contributed by atoms with Crippen LogP contribution in [0.25, 0.3) is 0 Å². The number of nitrogens with zero attached hydrogens (tertiary/aromatic N) is 1. The van der Waals surface area contributed by atoms with E-state index in [1.807, 2.05) is 30.3 Å². The molecule has 0 N–H and O–H groups in total. The highest BCUT2D eigenvalue weighted by molar-refractivity contribution is 5.87. The molecule has 0 spiro atoms. The molecule has 2 atom stereocenters. The highest BCUT2D eigenvalue weighted by atomic mass is 16.5. The van der Waals surface area contributed by atoms with Crippen molar-refractivity contribution in [3.05, 3.63) is 35.9 Å². The first-order chi connectivity index (χ1) is 10.8. The quantitative estimate of drug-likeness (QED) is 0.797. The molecule has 0 unspecified atom stereocenters. The number of carbonyl (C=O) groups excluding carboxylic acids is 2. The number of likely N-dealkylation sites (tertiary alicyclic amines) is 1. The molecule has 0 radical (unpaired) electrons. The molecule has 0 aromatic heterocycles. The van der Waals surface area contributed by atoms with E-state index in [1.54, 1.807) is 4.90 Å². The molecule has 118 valence electrons. The molecular formula is C17H21NO4. The fourth-order valence-corrected chi connectivity index (χ4v) is 3.06. The third-order valence-corrected chi connectivity index (χ3v) is 4.24. The first-order valence-corrected chi connectivity index (χ1v) is 7.88. The van der Waals surface area contributed by atoms with Gasteiger partial charge in [-0.3, -0.25) is 4.79 Å². The van der Waals surface area contributed by atoms with Gasteiger partial charge in [0.05, 0.1) is 0 Å². The minimum absolute atomic E-state index is 0.0586. The summed E-state index contributed by atoms with van der Waals surface area (Å²) in [5, 5.41) is 0. The van der Waals surface area contributed by atoms with Gasteiger partial charge in [0, 0.05) is 13.2 Å². The lowest BCUT2D eigenvalue weighted by Crippen LogP contribution is -2.45. The Morgan fingerprint density at radius 1 is 1.18 bits per heavy atom. The predicted molar refractivity (Wildman–Crippen MR) is 79.9 cm³/mol. The summed E-state index contributed by atoms with van der Waals surface area (Å²) in [5.74, 6) is -0.371. The van der Waals surface area contributed by atoms with Crippen LogP contribution in [0, 0.1) is 0 Å². The molecule has 0 aliphatic carbocycles. The SMILES string of the molecule is O=C(OCc1ccccc1)[C@@H]1CCCN1C(=O)[C@@H]1CCCO1. The number of esters is 1. The third-order valence-electron chi connectivity index (χ3n) is 4.24. The fraction of sp³-hybridized carbons (Fsp3) is 0.529. The summed E-state index contributed by atoms with van der Waals surface area (Å²) in [6.45, 7) is 1.50. The number of amides is 1. The van der Waals surface area contributed by atoms with Crippen LogP contribution in [-0.2, 0) is 25.7 Å². The van der Waals surface area contributed by atoms with Gasteiger partial charge in [-0.15, -0.1) is 0 Å². The average molecular weight is 303 g/mol. The minimum Gasteiger partial charge on any atom is -0.459 e. The Kier molecular flexibility index (Phi) is 4.73. The number of carbonyl (C=O) groups is 2. The smallest absolute Gasteiger partial charge is 0.329 e.